The third kappa shape index (κ3) is 4.07. The predicted octanol–water partition coefficient (Wildman–Crippen LogP) is 2.52. The summed E-state index contributed by atoms with van der Waals surface area (Å²) in [4.78, 5) is 12.2. The van der Waals surface area contributed by atoms with E-state index in [0.717, 1.165) is 22.4 Å². The Kier molecular flexibility index (Phi) is 4.60. The third-order valence-corrected chi connectivity index (χ3v) is 3.38. The lowest BCUT2D eigenvalue weighted by Crippen LogP contribution is -2.37. The Balaban J connectivity index is 2.02. The first kappa shape index (κ1) is 15.1. The molecule has 110 valence electrons. The molecule has 0 spiro atoms. The molecule has 4 nitrogen and oxygen atoms in total. The van der Waals surface area contributed by atoms with Crippen LogP contribution in [-0.2, 0) is 11.2 Å². The minimum atomic E-state index is -0.630. The van der Waals surface area contributed by atoms with Crippen LogP contribution in [0.15, 0.2) is 42.5 Å². The molecule has 21 heavy (non-hydrogen) atoms. The molecule has 0 unspecified atom stereocenters. The Morgan fingerprint density at radius 3 is 2.52 bits per heavy atom. The van der Waals surface area contributed by atoms with Crippen molar-refractivity contribution in [3.8, 4) is 5.75 Å². The Hall–Kier alpha value is -2.33. The lowest BCUT2D eigenvalue weighted by atomic mass is 10.1. The van der Waals surface area contributed by atoms with E-state index in [1.54, 1.807) is 24.3 Å². The molecule has 0 saturated heterocycles. The number of hydrogen-bond acceptors (Lipinski definition) is 3. The topological polar surface area (TPSA) is 75.4 Å². The van der Waals surface area contributed by atoms with Crippen molar-refractivity contribution in [3.05, 3.63) is 59.2 Å². The number of benzene rings is 2. The summed E-state index contributed by atoms with van der Waals surface area (Å²) in [6.45, 7) is 3.92. The van der Waals surface area contributed by atoms with Gasteiger partial charge in [-0.15, -0.1) is 0 Å². The molecule has 2 aromatic rings. The van der Waals surface area contributed by atoms with Crippen molar-refractivity contribution in [2.75, 3.05) is 5.32 Å². The Bertz CT molecular complexity index is 636. The number of anilines is 1. The minimum Gasteiger partial charge on any atom is -0.508 e. The minimum absolute atomic E-state index is 0.201. The molecule has 0 saturated carbocycles. The van der Waals surface area contributed by atoms with Gasteiger partial charge >= 0.3 is 0 Å². The summed E-state index contributed by atoms with van der Waals surface area (Å²) in [6, 6.07) is 12.0. The fourth-order valence-corrected chi connectivity index (χ4v) is 2.07. The van der Waals surface area contributed by atoms with Crippen molar-refractivity contribution >= 4 is 11.6 Å². The second-order valence-corrected chi connectivity index (χ2v) is 5.28. The highest BCUT2D eigenvalue weighted by atomic mass is 16.3. The van der Waals surface area contributed by atoms with Gasteiger partial charge in [-0.2, -0.15) is 0 Å². The van der Waals surface area contributed by atoms with E-state index in [4.69, 9.17) is 5.73 Å². The standard InChI is InChI=1S/C17H20N2O2/c1-11-3-4-12(2)16(9-11)19-17(21)15(18)10-13-5-7-14(20)8-6-13/h3-9,15,20H,10,18H2,1-2H3,(H,19,21)/t15-/m0/s1. The molecular formula is C17H20N2O2. The van der Waals surface area contributed by atoms with Crippen molar-refractivity contribution < 1.29 is 9.90 Å². The van der Waals surface area contributed by atoms with E-state index in [0.29, 0.717) is 6.42 Å². The first-order chi connectivity index (χ1) is 9.95. The molecule has 0 bridgehead atoms. The molecule has 0 aromatic heterocycles. The van der Waals surface area contributed by atoms with Gasteiger partial charge in [0.2, 0.25) is 5.91 Å². The van der Waals surface area contributed by atoms with Crippen LogP contribution < -0.4 is 11.1 Å². The number of carbonyl (C=O) groups excluding carboxylic acids is 1. The number of carbonyl (C=O) groups is 1. The number of aromatic hydroxyl groups is 1. The maximum Gasteiger partial charge on any atom is 0.241 e. The number of nitrogens with two attached hydrogens (primary N) is 1. The zero-order chi connectivity index (χ0) is 15.4. The van der Waals surface area contributed by atoms with E-state index in [-0.39, 0.29) is 11.7 Å². The number of amides is 1. The van der Waals surface area contributed by atoms with Crippen LogP contribution in [-0.4, -0.2) is 17.1 Å². The van der Waals surface area contributed by atoms with Crippen LogP contribution in [0.5, 0.6) is 5.75 Å². The molecule has 0 radical (unpaired) electrons. The quantitative estimate of drug-likeness (QED) is 0.807. The molecule has 0 aliphatic heterocycles. The van der Waals surface area contributed by atoms with Crippen LogP contribution >= 0.6 is 0 Å². The van der Waals surface area contributed by atoms with Crippen LogP contribution in [0.4, 0.5) is 5.69 Å². The fourth-order valence-electron chi connectivity index (χ4n) is 2.07. The van der Waals surface area contributed by atoms with E-state index < -0.39 is 6.04 Å². The smallest absolute Gasteiger partial charge is 0.241 e. The molecule has 4 N–H and O–H groups in total. The maximum atomic E-state index is 12.2. The van der Waals surface area contributed by atoms with Crippen LogP contribution in [0.25, 0.3) is 0 Å². The number of rotatable bonds is 4. The number of hydrogen-bond donors (Lipinski definition) is 3. The van der Waals surface area contributed by atoms with Crippen molar-refractivity contribution in [1.82, 2.24) is 0 Å². The molecule has 2 rings (SSSR count). The SMILES string of the molecule is Cc1ccc(C)c(NC(=O)[C@@H](N)Cc2ccc(O)cc2)c1. The monoisotopic (exact) mass is 284 g/mol. The van der Waals surface area contributed by atoms with Gasteiger partial charge in [-0.3, -0.25) is 4.79 Å². The van der Waals surface area contributed by atoms with Gasteiger partial charge in [0.25, 0.3) is 0 Å². The zero-order valence-corrected chi connectivity index (χ0v) is 12.3. The molecule has 0 fully saturated rings. The van der Waals surface area contributed by atoms with Crippen molar-refractivity contribution in [2.24, 2.45) is 5.73 Å². The van der Waals surface area contributed by atoms with Crippen molar-refractivity contribution in [1.29, 1.82) is 0 Å². The highest BCUT2D eigenvalue weighted by Gasteiger charge is 2.15. The van der Waals surface area contributed by atoms with E-state index in [9.17, 15) is 9.90 Å². The Morgan fingerprint density at radius 2 is 1.86 bits per heavy atom. The highest BCUT2D eigenvalue weighted by Crippen LogP contribution is 2.17. The average molecular weight is 284 g/mol. The molecule has 2 aromatic carbocycles. The normalized spacial score (nSPS) is 12.0. The molecule has 0 heterocycles. The van der Waals surface area contributed by atoms with Gasteiger partial charge in [0.05, 0.1) is 6.04 Å². The second-order valence-electron chi connectivity index (χ2n) is 5.28. The van der Waals surface area contributed by atoms with Gasteiger partial charge in [-0.1, -0.05) is 24.3 Å². The zero-order valence-electron chi connectivity index (χ0n) is 12.3. The van der Waals surface area contributed by atoms with Crippen LogP contribution in [0.3, 0.4) is 0 Å². The van der Waals surface area contributed by atoms with E-state index >= 15 is 0 Å². The van der Waals surface area contributed by atoms with Crippen LogP contribution in [0.1, 0.15) is 16.7 Å². The van der Waals surface area contributed by atoms with Gasteiger partial charge in [0, 0.05) is 5.69 Å². The molecular weight excluding hydrogens is 264 g/mol. The van der Waals surface area contributed by atoms with Gasteiger partial charge in [-0.25, -0.2) is 0 Å². The van der Waals surface area contributed by atoms with E-state index in [1.807, 2.05) is 32.0 Å². The maximum absolute atomic E-state index is 12.2. The molecule has 4 heteroatoms. The molecule has 1 amide bonds. The number of aryl methyl sites for hydroxylation is 2. The van der Waals surface area contributed by atoms with Crippen LogP contribution in [0.2, 0.25) is 0 Å². The lowest BCUT2D eigenvalue weighted by molar-refractivity contribution is -0.117. The second kappa shape index (κ2) is 6.41. The first-order valence-corrected chi connectivity index (χ1v) is 6.87. The predicted molar refractivity (Wildman–Crippen MR) is 84.3 cm³/mol. The molecule has 0 aliphatic rings. The number of phenolic OH excluding ortho intramolecular Hbond substituents is 1. The summed E-state index contributed by atoms with van der Waals surface area (Å²) in [7, 11) is 0. The van der Waals surface area contributed by atoms with E-state index in [2.05, 4.69) is 5.32 Å². The number of phenols is 1. The summed E-state index contributed by atoms with van der Waals surface area (Å²) < 4.78 is 0. The van der Waals surface area contributed by atoms with Gasteiger partial charge in [0.15, 0.2) is 0 Å². The summed E-state index contributed by atoms with van der Waals surface area (Å²) in [5, 5.41) is 12.1. The highest BCUT2D eigenvalue weighted by molar-refractivity contribution is 5.95. The third-order valence-electron chi connectivity index (χ3n) is 3.38. The van der Waals surface area contributed by atoms with Crippen molar-refractivity contribution in [3.63, 3.8) is 0 Å². The Labute approximate surface area is 124 Å². The molecule has 0 aliphatic carbocycles. The van der Waals surface area contributed by atoms with Gasteiger partial charge < -0.3 is 16.2 Å². The van der Waals surface area contributed by atoms with Crippen LogP contribution in [0, 0.1) is 13.8 Å². The van der Waals surface area contributed by atoms with E-state index in [1.165, 1.54) is 0 Å². The summed E-state index contributed by atoms with van der Waals surface area (Å²) >= 11 is 0. The fraction of sp³-hybridized carbons (Fsp3) is 0.235. The summed E-state index contributed by atoms with van der Waals surface area (Å²) in [5.74, 6) is -0.0102. The number of nitrogens with one attached hydrogen (secondary N) is 1. The first-order valence-electron chi connectivity index (χ1n) is 6.87. The Morgan fingerprint density at radius 1 is 1.19 bits per heavy atom. The summed E-state index contributed by atoms with van der Waals surface area (Å²) in [6.07, 6.45) is 0.428. The lowest BCUT2D eigenvalue weighted by Gasteiger charge is -2.14. The largest absolute Gasteiger partial charge is 0.508 e. The molecule has 1 atom stereocenters. The summed E-state index contributed by atoms with van der Waals surface area (Å²) in [5.41, 5.74) is 9.75. The average Bonchev–Trinajstić information content (AvgIpc) is 2.45. The van der Waals surface area contributed by atoms with Crippen molar-refractivity contribution in [2.45, 2.75) is 26.3 Å². The van der Waals surface area contributed by atoms with Gasteiger partial charge in [-0.05, 0) is 55.2 Å². The van der Waals surface area contributed by atoms with Gasteiger partial charge in [0.1, 0.15) is 5.75 Å².